The summed E-state index contributed by atoms with van der Waals surface area (Å²) in [5.41, 5.74) is 3.87. The number of carbonyl (C=O) groups is 2. The van der Waals surface area contributed by atoms with E-state index in [1.807, 2.05) is 26.0 Å². The van der Waals surface area contributed by atoms with Gasteiger partial charge in [0.15, 0.2) is 5.75 Å². The minimum absolute atomic E-state index is 0.0848. The molecule has 0 spiro atoms. The Hall–Kier alpha value is -2.84. The summed E-state index contributed by atoms with van der Waals surface area (Å²) >= 11 is 6.79. The van der Waals surface area contributed by atoms with E-state index in [2.05, 4.69) is 43.2 Å². The molecule has 8 heteroatoms. The molecule has 0 aliphatic rings. The van der Waals surface area contributed by atoms with Gasteiger partial charge in [0.05, 0.1) is 20.9 Å². The Labute approximate surface area is 202 Å². The lowest BCUT2D eigenvalue weighted by molar-refractivity contribution is -0.136. The van der Waals surface area contributed by atoms with E-state index in [4.69, 9.17) is 9.84 Å². The van der Waals surface area contributed by atoms with E-state index in [1.54, 1.807) is 18.2 Å². The fourth-order valence-corrected chi connectivity index (χ4v) is 4.76. The number of amides is 1. The fourth-order valence-electron chi connectivity index (χ4n) is 3.31. The number of hydrogen-bond donors (Lipinski definition) is 3. The zero-order chi connectivity index (χ0) is 23.4. The standard InChI is InChI=1S/C24H21Br2NO5/c1-13-5-14(2)7-16(6-13)12-27-24(31)18-11-17(3-4-21(18)28)32-23-19(25)8-15(9-20(23)26)10-22(29)30/h3-9,11,28H,10,12H2,1-2H3,(H,27,31)(H,29,30). The number of ether oxygens (including phenoxy) is 1. The normalized spacial score (nSPS) is 10.6. The SMILES string of the molecule is Cc1cc(C)cc(CNC(=O)c2cc(Oc3c(Br)cc(CC(=O)O)cc3Br)ccc2O)c1. The maximum atomic E-state index is 12.7. The van der Waals surface area contributed by atoms with Crippen molar-refractivity contribution in [3.63, 3.8) is 0 Å². The molecule has 0 atom stereocenters. The Bertz CT molecular complexity index is 1150. The number of phenolic OH excluding ortho intramolecular Hbond substituents is 1. The predicted octanol–water partition coefficient (Wildman–Crippen LogP) is 5.88. The van der Waals surface area contributed by atoms with E-state index in [9.17, 15) is 14.7 Å². The highest BCUT2D eigenvalue weighted by atomic mass is 79.9. The number of halogens is 2. The van der Waals surface area contributed by atoms with Crippen molar-refractivity contribution < 1.29 is 24.5 Å². The van der Waals surface area contributed by atoms with Crippen LogP contribution in [-0.2, 0) is 17.8 Å². The Morgan fingerprint density at radius 3 is 2.16 bits per heavy atom. The summed E-state index contributed by atoms with van der Waals surface area (Å²) in [6.45, 7) is 4.32. The molecule has 0 unspecified atom stereocenters. The first-order chi connectivity index (χ1) is 15.1. The minimum Gasteiger partial charge on any atom is -0.507 e. The zero-order valence-electron chi connectivity index (χ0n) is 17.4. The number of carboxylic acids is 1. The van der Waals surface area contributed by atoms with Crippen LogP contribution in [-0.4, -0.2) is 22.1 Å². The molecule has 6 nitrogen and oxygen atoms in total. The van der Waals surface area contributed by atoms with Crippen LogP contribution >= 0.6 is 31.9 Å². The van der Waals surface area contributed by atoms with Crippen molar-refractivity contribution >= 4 is 43.7 Å². The number of nitrogens with one attached hydrogen (secondary N) is 1. The molecule has 0 saturated heterocycles. The number of carboxylic acid groups (broad SMARTS) is 1. The predicted molar refractivity (Wildman–Crippen MR) is 128 cm³/mol. The van der Waals surface area contributed by atoms with Gasteiger partial charge in [-0.2, -0.15) is 0 Å². The lowest BCUT2D eigenvalue weighted by Crippen LogP contribution is -2.23. The van der Waals surface area contributed by atoms with Crippen molar-refractivity contribution in [3.8, 4) is 17.2 Å². The van der Waals surface area contributed by atoms with Gasteiger partial charge in [-0.15, -0.1) is 0 Å². The summed E-state index contributed by atoms with van der Waals surface area (Å²) in [4.78, 5) is 23.6. The molecule has 166 valence electrons. The highest BCUT2D eigenvalue weighted by Gasteiger charge is 2.16. The van der Waals surface area contributed by atoms with Crippen molar-refractivity contribution in [1.29, 1.82) is 0 Å². The van der Waals surface area contributed by atoms with Gasteiger partial charge >= 0.3 is 5.97 Å². The van der Waals surface area contributed by atoms with Gasteiger partial charge < -0.3 is 20.3 Å². The van der Waals surface area contributed by atoms with Gasteiger partial charge in [0.1, 0.15) is 11.5 Å². The number of benzene rings is 3. The van der Waals surface area contributed by atoms with Gasteiger partial charge in [0.25, 0.3) is 5.91 Å². The van der Waals surface area contributed by atoms with Crippen LogP contribution in [0.2, 0.25) is 0 Å². The third-order valence-electron chi connectivity index (χ3n) is 4.58. The quantitative estimate of drug-likeness (QED) is 0.334. The summed E-state index contributed by atoms with van der Waals surface area (Å²) in [5.74, 6) is -0.766. The molecule has 0 saturated carbocycles. The molecule has 0 aromatic heterocycles. The average molecular weight is 563 g/mol. The second-order valence-corrected chi connectivity index (χ2v) is 9.13. The van der Waals surface area contributed by atoms with Crippen molar-refractivity contribution in [1.82, 2.24) is 5.32 Å². The van der Waals surface area contributed by atoms with Crippen LogP contribution < -0.4 is 10.1 Å². The van der Waals surface area contributed by atoms with Gasteiger partial charge in [0.2, 0.25) is 0 Å². The van der Waals surface area contributed by atoms with Gasteiger partial charge in [-0.1, -0.05) is 29.3 Å². The Morgan fingerprint density at radius 1 is 0.938 bits per heavy atom. The first-order valence-corrected chi connectivity index (χ1v) is 11.3. The first-order valence-electron chi connectivity index (χ1n) is 9.68. The lowest BCUT2D eigenvalue weighted by atomic mass is 10.1. The third-order valence-corrected chi connectivity index (χ3v) is 5.76. The van der Waals surface area contributed by atoms with Crippen LogP contribution in [0.3, 0.4) is 0 Å². The number of phenols is 1. The average Bonchev–Trinajstić information content (AvgIpc) is 2.69. The zero-order valence-corrected chi connectivity index (χ0v) is 20.6. The maximum Gasteiger partial charge on any atom is 0.307 e. The largest absolute Gasteiger partial charge is 0.507 e. The van der Waals surface area contributed by atoms with Gasteiger partial charge in [0, 0.05) is 6.54 Å². The van der Waals surface area contributed by atoms with E-state index in [0.29, 0.717) is 32.6 Å². The summed E-state index contributed by atoms with van der Waals surface area (Å²) in [6.07, 6.45) is -0.124. The van der Waals surface area contributed by atoms with Crippen molar-refractivity contribution in [3.05, 3.63) is 85.3 Å². The van der Waals surface area contributed by atoms with Crippen LogP contribution in [0.4, 0.5) is 0 Å². The van der Waals surface area contributed by atoms with Crippen molar-refractivity contribution in [2.75, 3.05) is 0 Å². The molecule has 0 bridgehead atoms. The highest BCUT2D eigenvalue weighted by Crippen LogP contribution is 2.38. The smallest absolute Gasteiger partial charge is 0.307 e. The molecule has 3 aromatic rings. The molecule has 3 aromatic carbocycles. The maximum absolute atomic E-state index is 12.7. The summed E-state index contributed by atoms with van der Waals surface area (Å²) in [6, 6.07) is 13.8. The van der Waals surface area contributed by atoms with Crippen LogP contribution in [0.1, 0.15) is 32.6 Å². The number of aromatic hydroxyl groups is 1. The summed E-state index contributed by atoms with van der Waals surface area (Å²) in [5, 5.41) is 22.0. The van der Waals surface area contributed by atoms with Crippen LogP contribution in [0.25, 0.3) is 0 Å². The minimum atomic E-state index is -0.938. The summed E-state index contributed by atoms with van der Waals surface area (Å²) in [7, 11) is 0. The summed E-state index contributed by atoms with van der Waals surface area (Å²) < 4.78 is 7.01. The topological polar surface area (TPSA) is 95.9 Å². The molecule has 3 rings (SSSR count). The molecule has 32 heavy (non-hydrogen) atoms. The second kappa shape index (κ2) is 10.2. The molecule has 0 radical (unpaired) electrons. The second-order valence-electron chi connectivity index (χ2n) is 7.42. The Morgan fingerprint density at radius 2 is 1.56 bits per heavy atom. The molecule has 0 heterocycles. The number of carbonyl (C=O) groups excluding carboxylic acids is 1. The molecule has 0 fully saturated rings. The van der Waals surface area contributed by atoms with Gasteiger partial charge in [-0.05, 0) is 87.2 Å². The highest BCUT2D eigenvalue weighted by molar-refractivity contribution is 9.11. The Balaban J connectivity index is 1.78. The van der Waals surface area contributed by atoms with Crippen molar-refractivity contribution in [2.24, 2.45) is 0 Å². The number of hydrogen-bond acceptors (Lipinski definition) is 4. The molecular weight excluding hydrogens is 542 g/mol. The van der Waals surface area contributed by atoms with Gasteiger partial charge in [-0.3, -0.25) is 9.59 Å². The van der Waals surface area contributed by atoms with E-state index in [1.165, 1.54) is 12.1 Å². The molecule has 0 aliphatic heterocycles. The van der Waals surface area contributed by atoms with Crippen LogP contribution in [0.5, 0.6) is 17.2 Å². The lowest BCUT2D eigenvalue weighted by Gasteiger charge is -2.13. The molecular formula is C24H21Br2NO5. The van der Waals surface area contributed by atoms with E-state index in [0.717, 1.165) is 16.7 Å². The van der Waals surface area contributed by atoms with Gasteiger partial charge in [-0.25, -0.2) is 0 Å². The molecule has 0 aliphatic carbocycles. The fraction of sp³-hybridized carbons (Fsp3) is 0.167. The number of rotatable bonds is 7. The Kier molecular flexibility index (Phi) is 7.58. The number of aliphatic carboxylic acids is 1. The first kappa shape index (κ1) is 23.8. The van der Waals surface area contributed by atoms with Crippen LogP contribution in [0, 0.1) is 13.8 Å². The number of aryl methyl sites for hydroxylation is 2. The van der Waals surface area contributed by atoms with E-state index < -0.39 is 11.9 Å². The third kappa shape index (κ3) is 6.11. The van der Waals surface area contributed by atoms with E-state index in [-0.39, 0.29) is 17.7 Å². The molecule has 3 N–H and O–H groups in total. The monoisotopic (exact) mass is 561 g/mol. The van der Waals surface area contributed by atoms with Crippen LogP contribution in [0.15, 0.2) is 57.5 Å². The molecule has 1 amide bonds. The van der Waals surface area contributed by atoms with Crippen molar-refractivity contribution in [2.45, 2.75) is 26.8 Å². The van der Waals surface area contributed by atoms with E-state index >= 15 is 0 Å².